The molecule has 1 aliphatic rings. The first kappa shape index (κ1) is 9.24. The number of aryl methyl sites for hydroxylation is 1. The van der Waals surface area contributed by atoms with E-state index in [1.165, 1.54) is 4.90 Å². The lowest BCUT2D eigenvalue weighted by Crippen LogP contribution is -2.43. The average molecular weight is 199 g/mol. The summed E-state index contributed by atoms with van der Waals surface area (Å²) in [6, 6.07) is 5.29. The second kappa shape index (κ2) is 2.83. The normalized spacial score (nSPS) is 18.7. The van der Waals surface area contributed by atoms with Gasteiger partial charge in [0.2, 0.25) is 0 Å². The van der Waals surface area contributed by atoms with Gasteiger partial charge in [0, 0.05) is 7.05 Å². The summed E-state index contributed by atoms with van der Waals surface area (Å²) in [6.45, 7) is 1.44. The minimum absolute atomic E-state index is 0.253. The van der Waals surface area contributed by atoms with Crippen LogP contribution in [0.25, 0.3) is 0 Å². The molecule has 0 radical (unpaired) electrons. The Morgan fingerprint density at radius 2 is 2.14 bits per heavy atom. The van der Waals surface area contributed by atoms with Gasteiger partial charge in [-0.2, -0.15) is 8.78 Å². The predicted octanol–water partition coefficient (Wildman–Crippen LogP) is 2.42. The monoisotopic (exact) mass is 199 g/mol. The number of hydrogen-bond donors (Lipinski definition) is 0. The van der Waals surface area contributed by atoms with Gasteiger partial charge in [0.15, 0.2) is 0 Å². The maximum Gasteiger partial charge on any atom is 0.415 e. The highest BCUT2D eigenvalue weighted by atomic mass is 19.3. The van der Waals surface area contributed by atoms with Crippen LogP contribution >= 0.6 is 0 Å². The van der Waals surface area contributed by atoms with Crippen LogP contribution in [0, 0.1) is 6.92 Å². The largest absolute Gasteiger partial charge is 0.429 e. The third-order valence-electron chi connectivity index (χ3n) is 2.21. The van der Waals surface area contributed by atoms with Crippen molar-refractivity contribution in [2.24, 2.45) is 0 Å². The number of ether oxygens (including phenoxy) is 1. The van der Waals surface area contributed by atoms with Crippen LogP contribution in [0.4, 0.5) is 14.5 Å². The quantitative estimate of drug-likeness (QED) is 0.636. The smallest absolute Gasteiger partial charge is 0.415 e. The van der Waals surface area contributed by atoms with Crippen molar-refractivity contribution in [2.75, 3.05) is 18.5 Å². The molecule has 0 fully saturated rings. The molecule has 0 saturated carbocycles. The molecule has 0 amide bonds. The second-order valence-corrected chi connectivity index (χ2v) is 3.57. The van der Waals surface area contributed by atoms with Crippen LogP contribution in [-0.4, -0.2) is 19.7 Å². The van der Waals surface area contributed by atoms with Gasteiger partial charge in [0.25, 0.3) is 0 Å². The highest BCUT2D eigenvalue weighted by Gasteiger charge is 2.38. The molecule has 1 aromatic rings. The summed E-state index contributed by atoms with van der Waals surface area (Å²) in [4.78, 5) is 1.50. The molecule has 0 atom stereocenters. The first-order valence-electron chi connectivity index (χ1n) is 4.36. The molecule has 0 spiro atoms. The van der Waals surface area contributed by atoms with Gasteiger partial charge in [0.1, 0.15) is 12.3 Å². The van der Waals surface area contributed by atoms with E-state index in [1.54, 1.807) is 19.2 Å². The molecule has 0 bridgehead atoms. The first-order chi connectivity index (χ1) is 6.48. The molecule has 2 nitrogen and oxygen atoms in total. The molecule has 0 unspecified atom stereocenters. The lowest BCUT2D eigenvalue weighted by Gasteiger charge is -2.33. The van der Waals surface area contributed by atoms with Crippen LogP contribution in [0.1, 0.15) is 5.56 Å². The van der Waals surface area contributed by atoms with Gasteiger partial charge in [-0.05, 0) is 24.6 Å². The third-order valence-corrected chi connectivity index (χ3v) is 2.21. The Bertz CT molecular complexity index is 365. The first-order valence-corrected chi connectivity index (χ1v) is 4.36. The van der Waals surface area contributed by atoms with Crippen LogP contribution in [-0.2, 0) is 0 Å². The summed E-state index contributed by atoms with van der Waals surface area (Å²) in [5.41, 5.74) is 1.62. The summed E-state index contributed by atoms with van der Waals surface area (Å²) >= 11 is 0. The fraction of sp³-hybridized carbons (Fsp3) is 0.400. The van der Waals surface area contributed by atoms with Crippen molar-refractivity contribution < 1.29 is 13.5 Å². The lowest BCUT2D eigenvalue weighted by molar-refractivity contribution is -0.171. The second-order valence-electron chi connectivity index (χ2n) is 3.57. The zero-order valence-corrected chi connectivity index (χ0v) is 8.05. The highest BCUT2D eigenvalue weighted by Crippen LogP contribution is 2.37. The van der Waals surface area contributed by atoms with E-state index in [0.29, 0.717) is 5.69 Å². The summed E-state index contributed by atoms with van der Waals surface area (Å²) in [5, 5.41) is 0. The van der Waals surface area contributed by atoms with Crippen molar-refractivity contribution >= 4 is 5.69 Å². The molecule has 1 heterocycles. The van der Waals surface area contributed by atoms with E-state index in [4.69, 9.17) is 0 Å². The average Bonchev–Trinajstić information content (AvgIpc) is 2.00. The van der Waals surface area contributed by atoms with Crippen molar-refractivity contribution in [1.29, 1.82) is 0 Å². The standard InChI is InChI=1S/C10H11F2NO/c1-7-3-4-8-9(5-7)14-10(11,12)6-13(8)2/h3-5H,6H2,1-2H3. The summed E-state index contributed by atoms with van der Waals surface area (Å²) in [5.74, 6) is 0.253. The molecule has 14 heavy (non-hydrogen) atoms. The molecule has 0 N–H and O–H groups in total. The van der Waals surface area contributed by atoms with Gasteiger partial charge in [-0.25, -0.2) is 0 Å². The van der Waals surface area contributed by atoms with Crippen molar-refractivity contribution in [3.8, 4) is 5.75 Å². The van der Waals surface area contributed by atoms with Crippen LogP contribution in [0.2, 0.25) is 0 Å². The minimum atomic E-state index is -3.09. The Hall–Kier alpha value is -1.32. The van der Waals surface area contributed by atoms with Gasteiger partial charge < -0.3 is 9.64 Å². The zero-order valence-electron chi connectivity index (χ0n) is 8.05. The van der Waals surface area contributed by atoms with E-state index < -0.39 is 12.7 Å². The van der Waals surface area contributed by atoms with Crippen LogP contribution in [0.5, 0.6) is 5.75 Å². The van der Waals surface area contributed by atoms with Gasteiger partial charge in [-0.1, -0.05) is 6.07 Å². The Labute approximate surface area is 81.1 Å². The number of rotatable bonds is 0. The molecule has 0 aliphatic carbocycles. The SMILES string of the molecule is Cc1ccc2c(c1)OC(F)(F)CN2C. The van der Waals surface area contributed by atoms with Gasteiger partial charge in [-0.3, -0.25) is 0 Å². The van der Waals surface area contributed by atoms with Gasteiger partial charge in [0.05, 0.1) is 5.69 Å². The van der Waals surface area contributed by atoms with E-state index in [0.717, 1.165) is 5.56 Å². The topological polar surface area (TPSA) is 12.5 Å². The number of hydrogen-bond acceptors (Lipinski definition) is 2. The van der Waals surface area contributed by atoms with Gasteiger partial charge in [-0.15, -0.1) is 0 Å². The molecule has 4 heteroatoms. The van der Waals surface area contributed by atoms with E-state index in [2.05, 4.69) is 4.74 Å². The van der Waals surface area contributed by atoms with Crippen LogP contribution in [0.15, 0.2) is 18.2 Å². The predicted molar refractivity (Wildman–Crippen MR) is 50.0 cm³/mol. The fourth-order valence-corrected chi connectivity index (χ4v) is 1.57. The maximum absolute atomic E-state index is 13.0. The molecule has 0 aromatic heterocycles. The summed E-state index contributed by atoms with van der Waals surface area (Å²) in [6.07, 6.45) is -3.09. The Balaban J connectivity index is 2.46. The Morgan fingerprint density at radius 3 is 2.86 bits per heavy atom. The Morgan fingerprint density at radius 1 is 1.43 bits per heavy atom. The van der Waals surface area contributed by atoms with Gasteiger partial charge >= 0.3 is 6.11 Å². The van der Waals surface area contributed by atoms with Crippen molar-refractivity contribution in [1.82, 2.24) is 0 Å². The Kier molecular flexibility index (Phi) is 1.87. The number of benzene rings is 1. The molecule has 1 aromatic carbocycles. The molecular weight excluding hydrogens is 188 g/mol. The third kappa shape index (κ3) is 1.52. The number of nitrogens with zero attached hydrogens (tertiary/aromatic N) is 1. The van der Waals surface area contributed by atoms with Crippen molar-refractivity contribution in [3.63, 3.8) is 0 Å². The highest BCUT2D eigenvalue weighted by molar-refractivity contribution is 5.60. The molecule has 2 rings (SSSR count). The minimum Gasteiger partial charge on any atom is -0.429 e. The summed E-state index contributed by atoms with van der Waals surface area (Å²) < 4.78 is 30.6. The summed E-state index contributed by atoms with van der Waals surface area (Å²) in [7, 11) is 1.63. The number of halogens is 2. The molecule has 1 aliphatic heterocycles. The fourth-order valence-electron chi connectivity index (χ4n) is 1.57. The number of fused-ring (bicyclic) bond motifs is 1. The van der Waals surface area contributed by atoms with E-state index >= 15 is 0 Å². The number of likely N-dealkylation sites (N-methyl/N-ethyl adjacent to an activating group) is 1. The van der Waals surface area contributed by atoms with Crippen molar-refractivity contribution in [2.45, 2.75) is 13.0 Å². The van der Waals surface area contributed by atoms with Crippen molar-refractivity contribution in [3.05, 3.63) is 23.8 Å². The van der Waals surface area contributed by atoms with E-state index in [-0.39, 0.29) is 5.75 Å². The molecule has 0 saturated heterocycles. The zero-order chi connectivity index (χ0) is 10.3. The molecule has 76 valence electrons. The van der Waals surface area contributed by atoms with E-state index in [9.17, 15) is 8.78 Å². The lowest BCUT2D eigenvalue weighted by atomic mass is 10.2. The number of alkyl halides is 2. The van der Waals surface area contributed by atoms with Crippen LogP contribution in [0.3, 0.4) is 0 Å². The van der Waals surface area contributed by atoms with E-state index in [1.807, 2.05) is 13.0 Å². The number of anilines is 1. The maximum atomic E-state index is 13.0. The molecular formula is C10H11F2NO. The van der Waals surface area contributed by atoms with Crippen LogP contribution < -0.4 is 9.64 Å².